The highest BCUT2D eigenvalue weighted by Crippen LogP contribution is 2.35. The lowest BCUT2D eigenvalue weighted by Gasteiger charge is -2.12. The average molecular weight is 317 g/mol. The van der Waals surface area contributed by atoms with Gasteiger partial charge in [-0.25, -0.2) is 4.68 Å². The molecule has 116 valence electrons. The molecule has 1 fully saturated rings. The predicted molar refractivity (Wildman–Crippen MR) is 85.1 cm³/mol. The van der Waals surface area contributed by atoms with Gasteiger partial charge in [0, 0.05) is 6.54 Å². The number of hydrogen-bond acceptors (Lipinski definition) is 5. The van der Waals surface area contributed by atoms with Crippen LogP contribution in [0.25, 0.3) is 0 Å². The Morgan fingerprint density at radius 3 is 2.91 bits per heavy atom. The molecule has 1 heterocycles. The van der Waals surface area contributed by atoms with Crippen LogP contribution < -0.4 is 5.32 Å². The molecule has 1 N–H and O–H groups in total. The molecule has 0 radical (unpaired) electrons. The SMILES string of the molecule is C[C@H](SCc1nnnn1C1CC1)C(=O)NCc1ccccc1. The lowest BCUT2D eigenvalue weighted by molar-refractivity contribution is -0.120. The number of carbonyl (C=O) groups excluding carboxylic acids is 1. The summed E-state index contributed by atoms with van der Waals surface area (Å²) in [6.45, 7) is 2.47. The number of nitrogens with one attached hydrogen (secondary N) is 1. The predicted octanol–water partition coefficient (Wildman–Crippen LogP) is 1.95. The number of aromatic nitrogens is 4. The number of carbonyl (C=O) groups is 1. The van der Waals surface area contributed by atoms with Crippen molar-refractivity contribution in [1.29, 1.82) is 0 Å². The normalized spacial score (nSPS) is 15.5. The highest BCUT2D eigenvalue weighted by atomic mass is 32.2. The standard InChI is InChI=1S/C15H19N5OS/c1-11(15(21)16-9-12-5-3-2-4-6-12)22-10-14-17-18-19-20(14)13-7-8-13/h2-6,11,13H,7-10H2,1H3,(H,16,21)/t11-/m0/s1. The molecule has 1 aromatic carbocycles. The fourth-order valence-electron chi connectivity index (χ4n) is 2.11. The van der Waals surface area contributed by atoms with Gasteiger partial charge in [-0.05, 0) is 35.8 Å². The largest absolute Gasteiger partial charge is 0.351 e. The van der Waals surface area contributed by atoms with Crippen molar-refractivity contribution in [2.45, 2.75) is 43.4 Å². The van der Waals surface area contributed by atoms with Crippen LogP contribution in [0.4, 0.5) is 0 Å². The van der Waals surface area contributed by atoms with Gasteiger partial charge in [-0.3, -0.25) is 4.79 Å². The third-order valence-electron chi connectivity index (χ3n) is 3.59. The van der Waals surface area contributed by atoms with E-state index in [2.05, 4.69) is 20.8 Å². The van der Waals surface area contributed by atoms with E-state index in [1.807, 2.05) is 41.9 Å². The summed E-state index contributed by atoms with van der Waals surface area (Å²) >= 11 is 1.56. The lowest BCUT2D eigenvalue weighted by atomic mass is 10.2. The number of tetrazole rings is 1. The van der Waals surface area contributed by atoms with Crippen LogP contribution in [0.2, 0.25) is 0 Å². The van der Waals surface area contributed by atoms with Crippen molar-refractivity contribution in [1.82, 2.24) is 25.5 Å². The summed E-state index contributed by atoms with van der Waals surface area (Å²) in [6.07, 6.45) is 2.30. The average Bonchev–Trinajstić information content (AvgIpc) is 3.29. The minimum Gasteiger partial charge on any atom is -0.351 e. The molecule has 1 atom stereocenters. The van der Waals surface area contributed by atoms with Crippen LogP contribution in [0.15, 0.2) is 30.3 Å². The van der Waals surface area contributed by atoms with Crippen LogP contribution in [0.3, 0.4) is 0 Å². The molecule has 1 saturated carbocycles. The molecule has 1 aromatic heterocycles. The Morgan fingerprint density at radius 2 is 2.18 bits per heavy atom. The van der Waals surface area contributed by atoms with Crippen molar-refractivity contribution in [2.75, 3.05) is 0 Å². The Hall–Kier alpha value is -1.89. The maximum atomic E-state index is 12.1. The summed E-state index contributed by atoms with van der Waals surface area (Å²) in [6, 6.07) is 10.4. The quantitative estimate of drug-likeness (QED) is 0.845. The minimum atomic E-state index is -0.131. The monoisotopic (exact) mass is 317 g/mol. The Labute approximate surface area is 133 Å². The first-order valence-electron chi connectivity index (χ1n) is 7.44. The molecule has 0 bridgehead atoms. The number of thioether (sulfide) groups is 1. The summed E-state index contributed by atoms with van der Waals surface area (Å²) in [5.74, 6) is 1.55. The minimum absolute atomic E-state index is 0.0410. The van der Waals surface area contributed by atoms with Crippen LogP contribution in [0.5, 0.6) is 0 Å². The van der Waals surface area contributed by atoms with Crippen molar-refractivity contribution in [3.63, 3.8) is 0 Å². The Balaban J connectivity index is 1.45. The van der Waals surface area contributed by atoms with E-state index in [1.54, 1.807) is 11.8 Å². The van der Waals surface area contributed by atoms with E-state index in [4.69, 9.17) is 0 Å². The molecule has 0 spiro atoms. The second-order valence-electron chi connectivity index (χ2n) is 5.43. The molecule has 0 unspecified atom stereocenters. The van der Waals surface area contributed by atoms with Gasteiger partial charge in [-0.2, -0.15) is 0 Å². The summed E-state index contributed by atoms with van der Waals surface area (Å²) in [4.78, 5) is 12.1. The van der Waals surface area contributed by atoms with Crippen LogP contribution in [0.1, 0.15) is 37.2 Å². The van der Waals surface area contributed by atoms with E-state index < -0.39 is 0 Å². The van der Waals surface area contributed by atoms with E-state index in [1.165, 1.54) is 0 Å². The van der Waals surface area contributed by atoms with Crippen LogP contribution in [0, 0.1) is 0 Å². The second-order valence-corrected chi connectivity index (χ2v) is 6.76. The van der Waals surface area contributed by atoms with E-state index in [9.17, 15) is 4.79 Å². The number of amides is 1. The Kier molecular flexibility index (Phi) is 4.72. The smallest absolute Gasteiger partial charge is 0.233 e. The third kappa shape index (κ3) is 3.85. The Morgan fingerprint density at radius 1 is 1.41 bits per heavy atom. The molecule has 0 aliphatic heterocycles. The van der Waals surface area contributed by atoms with E-state index in [-0.39, 0.29) is 11.2 Å². The summed E-state index contributed by atoms with van der Waals surface area (Å²) in [7, 11) is 0. The highest BCUT2D eigenvalue weighted by molar-refractivity contribution is 7.99. The van der Waals surface area contributed by atoms with Gasteiger partial charge in [0.25, 0.3) is 0 Å². The van der Waals surface area contributed by atoms with Crippen LogP contribution in [-0.4, -0.2) is 31.4 Å². The number of benzene rings is 1. The molecule has 6 nitrogen and oxygen atoms in total. The number of hydrogen-bond donors (Lipinski definition) is 1. The molecule has 7 heteroatoms. The highest BCUT2D eigenvalue weighted by Gasteiger charge is 2.28. The van der Waals surface area contributed by atoms with E-state index in [0.29, 0.717) is 18.3 Å². The van der Waals surface area contributed by atoms with Crippen molar-refractivity contribution >= 4 is 17.7 Å². The van der Waals surface area contributed by atoms with Gasteiger partial charge in [-0.1, -0.05) is 30.3 Å². The fraction of sp³-hybridized carbons (Fsp3) is 0.467. The van der Waals surface area contributed by atoms with Crippen LogP contribution in [-0.2, 0) is 17.1 Å². The first-order valence-corrected chi connectivity index (χ1v) is 8.49. The van der Waals surface area contributed by atoms with Gasteiger partial charge in [0.2, 0.25) is 5.91 Å². The fourth-order valence-corrected chi connectivity index (χ4v) is 2.94. The zero-order valence-electron chi connectivity index (χ0n) is 12.5. The first-order chi connectivity index (χ1) is 10.7. The molecule has 0 saturated heterocycles. The maximum Gasteiger partial charge on any atom is 0.233 e. The number of nitrogens with zero attached hydrogens (tertiary/aromatic N) is 4. The van der Waals surface area contributed by atoms with E-state index in [0.717, 1.165) is 24.2 Å². The molecule has 1 aliphatic carbocycles. The van der Waals surface area contributed by atoms with E-state index >= 15 is 0 Å². The molecular formula is C15H19N5OS. The summed E-state index contributed by atoms with van der Waals surface area (Å²) in [5.41, 5.74) is 1.10. The van der Waals surface area contributed by atoms with Gasteiger partial charge in [0.15, 0.2) is 5.82 Å². The molecule has 1 amide bonds. The van der Waals surface area contributed by atoms with Crippen LogP contribution >= 0.6 is 11.8 Å². The topological polar surface area (TPSA) is 72.7 Å². The Bertz CT molecular complexity index is 626. The zero-order valence-corrected chi connectivity index (χ0v) is 13.3. The third-order valence-corrected chi connectivity index (χ3v) is 4.73. The first kappa shape index (κ1) is 15.0. The molecule has 1 aliphatic rings. The summed E-state index contributed by atoms with van der Waals surface area (Å²) in [5, 5.41) is 14.6. The van der Waals surface area contributed by atoms with Crippen molar-refractivity contribution < 1.29 is 4.79 Å². The molecule has 3 rings (SSSR count). The molecular weight excluding hydrogens is 298 g/mol. The van der Waals surface area contributed by atoms with Crippen molar-refractivity contribution in [2.24, 2.45) is 0 Å². The van der Waals surface area contributed by atoms with Gasteiger partial charge < -0.3 is 5.32 Å². The van der Waals surface area contributed by atoms with Gasteiger partial charge in [0.05, 0.1) is 17.0 Å². The summed E-state index contributed by atoms with van der Waals surface area (Å²) < 4.78 is 1.89. The molecule has 2 aromatic rings. The van der Waals surface area contributed by atoms with Crippen molar-refractivity contribution in [3.05, 3.63) is 41.7 Å². The van der Waals surface area contributed by atoms with Gasteiger partial charge in [0.1, 0.15) is 0 Å². The van der Waals surface area contributed by atoms with Gasteiger partial charge in [-0.15, -0.1) is 16.9 Å². The lowest BCUT2D eigenvalue weighted by Crippen LogP contribution is -2.30. The maximum absolute atomic E-state index is 12.1. The number of rotatable bonds is 7. The van der Waals surface area contributed by atoms with Crippen molar-refractivity contribution in [3.8, 4) is 0 Å². The van der Waals surface area contributed by atoms with Gasteiger partial charge >= 0.3 is 0 Å². The molecule has 22 heavy (non-hydrogen) atoms. The zero-order chi connectivity index (χ0) is 15.4. The second kappa shape index (κ2) is 6.91.